The van der Waals surface area contributed by atoms with Gasteiger partial charge in [0.15, 0.2) is 0 Å². The van der Waals surface area contributed by atoms with Crippen LogP contribution < -0.4 is 5.32 Å². The van der Waals surface area contributed by atoms with Crippen molar-refractivity contribution in [1.82, 2.24) is 15.2 Å². The molecule has 1 aliphatic carbocycles. The highest BCUT2D eigenvalue weighted by Crippen LogP contribution is 2.42. The van der Waals surface area contributed by atoms with Crippen LogP contribution in [0.4, 0.5) is 10.8 Å². The molecular weight excluding hydrogens is 292 g/mol. The Balaban J connectivity index is 1.70. The number of halogens is 1. The van der Waals surface area contributed by atoms with E-state index in [0.717, 1.165) is 26.7 Å². The Kier molecular flexibility index (Phi) is 2.82. The lowest BCUT2D eigenvalue weighted by Gasteiger charge is -2.06. The third-order valence-electron chi connectivity index (χ3n) is 3.31. The summed E-state index contributed by atoms with van der Waals surface area (Å²) in [6.07, 6.45) is 4.25. The van der Waals surface area contributed by atoms with Gasteiger partial charge in [-0.15, -0.1) is 10.2 Å². The molecule has 1 N–H and O–H groups in total. The number of pyridine rings is 1. The Hall–Kier alpha value is -1.72. The van der Waals surface area contributed by atoms with Gasteiger partial charge in [-0.2, -0.15) is 0 Å². The monoisotopic (exact) mass is 302 g/mol. The van der Waals surface area contributed by atoms with E-state index in [0.29, 0.717) is 10.9 Å². The summed E-state index contributed by atoms with van der Waals surface area (Å²) in [5, 5.41) is 15.5. The van der Waals surface area contributed by atoms with Crippen molar-refractivity contribution >= 4 is 44.7 Å². The number of anilines is 2. The van der Waals surface area contributed by atoms with Crippen molar-refractivity contribution < 1.29 is 0 Å². The van der Waals surface area contributed by atoms with Crippen molar-refractivity contribution in [3.8, 4) is 0 Å². The van der Waals surface area contributed by atoms with Crippen molar-refractivity contribution in [1.29, 1.82) is 0 Å². The number of nitrogens with zero attached hydrogens (tertiary/aromatic N) is 3. The van der Waals surface area contributed by atoms with Crippen LogP contribution in [-0.2, 0) is 0 Å². The van der Waals surface area contributed by atoms with E-state index < -0.39 is 0 Å². The Morgan fingerprint density at radius 1 is 1.20 bits per heavy atom. The molecule has 0 unspecified atom stereocenters. The maximum atomic E-state index is 6.00. The van der Waals surface area contributed by atoms with Crippen molar-refractivity contribution in [2.45, 2.75) is 18.8 Å². The molecule has 0 spiro atoms. The van der Waals surface area contributed by atoms with Gasteiger partial charge in [-0.3, -0.25) is 4.98 Å². The van der Waals surface area contributed by atoms with Crippen molar-refractivity contribution in [2.75, 3.05) is 5.32 Å². The number of benzene rings is 1. The Labute approximate surface area is 124 Å². The normalized spacial score (nSPS) is 14.7. The molecule has 0 amide bonds. The van der Waals surface area contributed by atoms with Crippen LogP contribution in [0.2, 0.25) is 5.02 Å². The summed E-state index contributed by atoms with van der Waals surface area (Å²) in [4.78, 5) is 4.33. The van der Waals surface area contributed by atoms with Gasteiger partial charge in [-0.05, 0) is 37.1 Å². The van der Waals surface area contributed by atoms with Gasteiger partial charge in [0.25, 0.3) is 0 Å². The molecule has 0 saturated heterocycles. The maximum absolute atomic E-state index is 6.00. The van der Waals surface area contributed by atoms with E-state index in [1.807, 2.05) is 24.3 Å². The zero-order chi connectivity index (χ0) is 13.5. The molecule has 6 heteroatoms. The van der Waals surface area contributed by atoms with Crippen LogP contribution in [0, 0.1) is 0 Å². The van der Waals surface area contributed by atoms with E-state index >= 15 is 0 Å². The summed E-state index contributed by atoms with van der Waals surface area (Å²) in [6, 6.07) is 7.63. The maximum Gasteiger partial charge on any atom is 0.210 e. The average molecular weight is 303 g/mol. The summed E-state index contributed by atoms with van der Waals surface area (Å²) in [6.45, 7) is 0. The van der Waals surface area contributed by atoms with Crippen LogP contribution in [0.15, 0.2) is 30.5 Å². The fourth-order valence-corrected chi connectivity index (χ4v) is 3.22. The molecule has 1 fully saturated rings. The summed E-state index contributed by atoms with van der Waals surface area (Å²) >= 11 is 7.63. The molecule has 2 aromatic heterocycles. The number of rotatable bonds is 3. The summed E-state index contributed by atoms with van der Waals surface area (Å²) in [7, 11) is 0. The van der Waals surface area contributed by atoms with E-state index in [9.17, 15) is 0 Å². The topological polar surface area (TPSA) is 50.7 Å². The highest BCUT2D eigenvalue weighted by Gasteiger charge is 2.27. The van der Waals surface area contributed by atoms with Gasteiger partial charge < -0.3 is 5.32 Å². The van der Waals surface area contributed by atoms with E-state index in [-0.39, 0.29) is 0 Å². The average Bonchev–Trinajstić information content (AvgIpc) is 3.19. The third kappa shape index (κ3) is 2.23. The van der Waals surface area contributed by atoms with Crippen LogP contribution in [0.5, 0.6) is 0 Å². The highest BCUT2D eigenvalue weighted by molar-refractivity contribution is 7.15. The zero-order valence-corrected chi connectivity index (χ0v) is 12.1. The zero-order valence-electron chi connectivity index (χ0n) is 10.5. The standard InChI is InChI=1S/C14H11ClN4S/c15-9-3-4-10-11(5-6-16-12(10)7-9)17-14-19-18-13(20-14)8-1-2-8/h3-8H,1-2H2,(H,16,17,19). The molecule has 20 heavy (non-hydrogen) atoms. The SMILES string of the molecule is Clc1ccc2c(Nc3nnc(C4CC4)s3)ccnc2c1. The third-order valence-corrected chi connectivity index (χ3v) is 4.55. The minimum Gasteiger partial charge on any atom is -0.329 e. The second kappa shape index (κ2) is 4.68. The number of hydrogen-bond donors (Lipinski definition) is 1. The molecule has 4 rings (SSSR count). The van der Waals surface area contributed by atoms with E-state index in [1.54, 1.807) is 17.5 Å². The van der Waals surface area contributed by atoms with Gasteiger partial charge in [0.2, 0.25) is 5.13 Å². The molecule has 2 heterocycles. The molecule has 1 saturated carbocycles. The lowest BCUT2D eigenvalue weighted by molar-refractivity contribution is 0.977. The second-order valence-electron chi connectivity index (χ2n) is 4.86. The quantitative estimate of drug-likeness (QED) is 0.781. The predicted octanol–water partition coefficient (Wildman–Crippen LogP) is 4.36. The lowest BCUT2D eigenvalue weighted by Crippen LogP contribution is -1.92. The van der Waals surface area contributed by atoms with E-state index in [4.69, 9.17) is 11.6 Å². The lowest BCUT2D eigenvalue weighted by atomic mass is 10.2. The number of hydrogen-bond acceptors (Lipinski definition) is 5. The molecule has 3 aromatic rings. The van der Waals surface area contributed by atoms with Crippen LogP contribution in [0.1, 0.15) is 23.8 Å². The smallest absolute Gasteiger partial charge is 0.210 e. The van der Waals surface area contributed by atoms with Gasteiger partial charge >= 0.3 is 0 Å². The van der Waals surface area contributed by atoms with Crippen molar-refractivity contribution in [2.24, 2.45) is 0 Å². The first-order chi connectivity index (χ1) is 9.79. The minimum absolute atomic E-state index is 0.635. The number of aromatic nitrogens is 3. The second-order valence-corrected chi connectivity index (χ2v) is 6.31. The summed E-state index contributed by atoms with van der Waals surface area (Å²) in [5.41, 5.74) is 1.85. The molecule has 0 atom stereocenters. The highest BCUT2D eigenvalue weighted by atomic mass is 35.5. The largest absolute Gasteiger partial charge is 0.329 e. The molecule has 4 nitrogen and oxygen atoms in total. The van der Waals surface area contributed by atoms with E-state index in [1.165, 1.54) is 12.8 Å². The van der Waals surface area contributed by atoms with Crippen LogP contribution >= 0.6 is 22.9 Å². The number of nitrogens with one attached hydrogen (secondary N) is 1. The van der Waals surface area contributed by atoms with Crippen LogP contribution in [0.3, 0.4) is 0 Å². The molecule has 0 bridgehead atoms. The number of fused-ring (bicyclic) bond motifs is 1. The molecule has 1 aliphatic rings. The van der Waals surface area contributed by atoms with Gasteiger partial charge in [-0.1, -0.05) is 22.9 Å². The Morgan fingerprint density at radius 3 is 2.95 bits per heavy atom. The molecule has 1 aromatic carbocycles. The first kappa shape index (κ1) is 12.1. The Morgan fingerprint density at radius 2 is 2.10 bits per heavy atom. The fraction of sp³-hybridized carbons (Fsp3) is 0.214. The fourth-order valence-electron chi connectivity index (χ4n) is 2.13. The van der Waals surface area contributed by atoms with Crippen molar-refractivity contribution in [3.05, 3.63) is 40.5 Å². The predicted molar refractivity (Wildman–Crippen MR) is 81.9 cm³/mol. The first-order valence-corrected chi connectivity index (χ1v) is 7.64. The first-order valence-electron chi connectivity index (χ1n) is 6.44. The summed E-state index contributed by atoms with van der Waals surface area (Å²) < 4.78 is 0. The molecule has 0 aliphatic heterocycles. The van der Waals surface area contributed by atoms with Gasteiger partial charge in [0.1, 0.15) is 5.01 Å². The van der Waals surface area contributed by atoms with Crippen LogP contribution in [-0.4, -0.2) is 15.2 Å². The van der Waals surface area contributed by atoms with Crippen LogP contribution in [0.25, 0.3) is 10.9 Å². The van der Waals surface area contributed by atoms with E-state index in [2.05, 4.69) is 20.5 Å². The Bertz CT molecular complexity index is 782. The molecule has 100 valence electrons. The van der Waals surface area contributed by atoms with Gasteiger partial charge in [0.05, 0.1) is 11.2 Å². The van der Waals surface area contributed by atoms with Gasteiger partial charge in [-0.25, -0.2) is 0 Å². The summed E-state index contributed by atoms with van der Waals surface area (Å²) in [5.74, 6) is 0.635. The molecular formula is C14H11ClN4S. The molecule has 0 radical (unpaired) electrons. The van der Waals surface area contributed by atoms with Crippen molar-refractivity contribution in [3.63, 3.8) is 0 Å². The minimum atomic E-state index is 0.635. The van der Waals surface area contributed by atoms with Gasteiger partial charge in [0, 0.05) is 22.5 Å².